The molecule has 0 aliphatic rings. The van der Waals surface area contributed by atoms with Crippen molar-refractivity contribution in [2.24, 2.45) is 0 Å². The molecule has 4 aromatic rings. The lowest BCUT2D eigenvalue weighted by Gasteiger charge is -2.11. The highest BCUT2D eigenvalue weighted by atomic mass is 35.5. The average Bonchev–Trinajstić information content (AvgIpc) is 2.85. The van der Waals surface area contributed by atoms with E-state index >= 15 is 0 Å². The smallest absolute Gasteiger partial charge is 0.256 e. The second kappa shape index (κ2) is 10.7. The molecule has 0 unspecified atom stereocenters. The van der Waals surface area contributed by atoms with Gasteiger partial charge in [-0.25, -0.2) is 0 Å². The van der Waals surface area contributed by atoms with Gasteiger partial charge in [-0.15, -0.1) is 0 Å². The second-order valence-corrected chi connectivity index (χ2v) is 8.22. The highest BCUT2D eigenvalue weighted by Gasteiger charge is 2.13. The number of aromatic nitrogens is 1. The SMILES string of the molecule is O=C(CCc1cccnc1)Cc1ccc(NC(=O)c2ccccc2-c2ccc(Cl)cc2)cc1. The van der Waals surface area contributed by atoms with Crippen molar-refractivity contribution >= 4 is 29.0 Å². The molecule has 1 heterocycles. The van der Waals surface area contributed by atoms with Crippen LogP contribution in [0.25, 0.3) is 11.1 Å². The highest BCUT2D eigenvalue weighted by Crippen LogP contribution is 2.26. The lowest BCUT2D eigenvalue weighted by Crippen LogP contribution is -2.13. The minimum absolute atomic E-state index is 0.174. The molecule has 0 radical (unpaired) electrons. The minimum Gasteiger partial charge on any atom is -0.322 e. The topological polar surface area (TPSA) is 59.1 Å². The molecular formula is C28H23ClN2O2. The van der Waals surface area contributed by atoms with Gasteiger partial charge in [0.15, 0.2) is 0 Å². The van der Waals surface area contributed by atoms with Crippen LogP contribution in [0.15, 0.2) is 97.3 Å². The number of nitrogens with zero attached hydrogens (tertiary/aromatic N) is 1. The summed E-state index contributed by atoms with van der Waals surface area (Å²) < 4.78 is 0. The van der Waals surface area contributed by atoms with Gasteiger partial charge in [-0.3, -0.25) is 14.6 Å². The first kappa shape index (κ1) is 22.4. The van der Waals surface area contributed by atoms with Gasteiger partial charge in [-0.05, 0) is 65.1 Å². The molecule has 0 atom stereocenters. The summed E-state index contributed by atoms with van der Waals surface area (Å²) in [7, 11) is 0. The Labute approximate surface area is 198 Å². The van der Waals surface area contributed by atoms with Crippen LogP contribution >= 0.6 is 11.6 Å². The van der Waals surface area contributed by atoms with Gasteiger partial charge >= 0.3 is 0 Å². The van der Waals surface area contributed by atoms with E-state index in [1.807, 2.05) is 78.9 Å². The van der Waals surface area contributed by atoms with Gasteiger partial charge in [0, 0.05) is 41.5 Å². The normalized spacial score (nSPS) is 10.6. The number of rotatable bonds is 8. The first-order chi connectivity index (χ1) is 16.1. The maximum absolute atomic E-state index is 13.0. The molecule has 1 N–H and O–H groups in total. The lowest BCUT2D eigenvalue weighted by molar-refractivity contribution is -0.118. The van der Waals surface area contributed by atoms with Crippen LogP contribution in [0, 0.1) is 0 Å². The maximum atomic E-state index is 13.0. The minimum atomic E-state index is -0.194. The third-order valence-electron chi connectivity index (χ3n) is 5.36. The van der Waals surface area contributed by atoms with Crippen molar-refractivity contribution in [3.8, 4) is 11.1 Å². The molecule has 1 amide bonds. The zero-order valence-corrected chi connectivity index (χ0v) is 18.8. The van der Waals surface area contributed by atoms with Gasteiger partial charge in [0.1, 0.15) is 5.78 Å². The molecule has 0 bridgehead atoms. The van der Waals surface area contributed by atoms with Crippen LogP contribution in [0.3, 0.4) is 0 Å². The van der Waals surface area contributed by atoms with Crippen LogP contribution < -0.4 is 5.32 Å². The molecule has 0 fully saturated rings. The van der Waals surface area contributed by atoms with Crippen molar-refractivity contribution in [2.75, 3.05) is 5.32 Å². The Bertz CT molecular complexity index is 1240. The Balaban J connectivity index is 1.38. The summed E-state index contributed by atoms with van der Waals surface area (Å²) in [4.78, 5) is 29.4. The highest BCUT2D eigenvalue weighted by molar-refractivity contribution is 6.30. The Morgan fingerprint density at radius 1 is 0.818 bits per heavy atom. The number of carbonyl (C=O) groups excluding carboxylic acids is 2. The van der Waals surface area contributed by atoms with Crippen molar-refractivity contribution in [3.05, 3.63) is 119 Å². The van der Waals surface area contributed by atoms with E-state index in [1.54, 1.807) is 18.5 Å². The average molecular weight is 455 g/mol. The number of carbonyl (C=O) groups is 2. The third kappa shape index (κ3) is 6.15. The standard InChI is InChI=1S/C28H23ClN2O2/c29-23-12-10-22(11-13-23)26-5-1-2-6-27(26)28(33)31-24-14-7-20(8-15-24)18-25(32)16-9-21-4-3-17-30-19-21/h1-8,10-15,17,19H,9,16,18H2,(H,31,33). The summed E-state index contributed by atoms with van der Waals surface area (Å²) in [6, 6.07) is 26.1. The molecule has 0 saturated carbocycles. The number of halogens is 1. The zero-order valence-electron chi connectivity index (χ0n) is 18.0. The zero-order chi connectivity index (χ0) is 23.0. The number of hydrogen-bond donors (Lipinski definition) is 1. The summed E-state index contributed by atoms with van der Waals surface area (Å²) in [5.74, 6) is -0.0200. The first-order valence-corrected chi connectivity index (χ1v) is 11.1. The van der Waals surface area contributed by atoms with Crippen LogP contribution in [-0.4, -0.2) is 16.7 Å². The van der Waals surface area contributed by atoms with E-state index in [-0.39, 0.29) is 11.7 Å². The molecule has 3 aromatic carbocycles. The molecule has 0 saturated heterocycles. The number of ketones is 1. The van der Waals surface area contributed by atoms with Gasteiger partial charge in [0.05, 0.1) is 0 Å². The number of pyridine rings is 1. The number of nitrogens with one attached hydrogen (secondary N) is 1. The Kier molecular flexibility index (Phi) is 7.28. The van der Waals surface area contributed by atoms with Gasteiger partial charge in [-0.2, -0.15) is 0 Å². The van der Waals surface area contributed by atoms with Crippen LogP contribution in [0.4, 0.5) is 5.69 Å². The van der Waals surface area contributed by atoms with Gasteiger partial charge in [-0.1, -0.05) is 60.1 Å². The summed E-state index contributed by atoms with van der Waals surface area (Å²) in [6.45, 7) is 0. The fourth-order valence-corrected chi connectivity index (χ4v) is 3.74. The molecule has 0 spiro atoms. The molecule has 1 aromatic heterocycles. The van der Waals surface area contributed by atoms with E-state index in [1.165, 1.54) is 0 Å². The summed E-state index contributed by atoms with van der Waals surface area (Å²) in [6.07, 6.45) is 5.05. The fraction of sp³-hybridized carbons (Fsp3) is 0.107. The van der Waals surface area contributed by atoms with Crippen LogP contribution in [0.1, 0.15) is 27.9 Å². The molecular weight excluding hydrogens is 432 g/mol. The fourth-order valence-electron chi connectivity index (χ4n) is 3.61. The van der Waals surface area contributed by atoms with Gasteiger partial charge in [0.2, 0.25) is 0 Å². The molecule has 33 heavy (non-hydrogen) atoms. The Hall–Kier alpha value is -3.76. The van der Waals surface area contributed by atoms with Crippen LogP contribution in [-0.2, 0) is 17.6 Å². The third-order valence-corrected chi connectivity index (χ3v) is 5.61. The molecule has 4 nitrogen and oxygen atoms in total. The maximum Gasteiger partial charge on any atom is 0.256 e. The predicted molar refractivity (Wildman–Crippen MR) is 133 cm³/mol. The van der Waals surface area contributed by atoms with Gasteiger partial charge < -0.3 is 5.32 Å². The van der Waals surface area contributed by atoms with Crippen LogP contribution in [0.2, 0.25) is 5.02 Å². The van der Waals surface area contributed by atoms with Crippen molar-refractivity contribution in [1.29, 1.82) is 0 Å². The molecule has 164 valence electrons. The summed E-state index contributed by atoms with van der Waals surface area (Å²) in [5.41, 5.74) is 4.99. The molecule has 0 aliphatic carbocycles. The summed E-state index contributed by atoms with van der Waals surface area (Å²) in [5, 5.41) is 3.60. The monoisotopic (exact) mass is 454 g/mol. The Morgan fingerprint density at radius 3 is 2.30 bits per heavy atom. The number of aryl methyl sites for hydroxylation is 1. The molecule has 0 aliphatic heterocycles. The van der Waals surface area contributed by atoms with Crippen molar-refractivity contribution in [1.82, 2.24) is 4.98 Å². The van der Waals surface area contributed by atoms with Gasteiger partial charge in [0.25, 0.3) is 5.91 Å². The molecule has 4 rings (SSSR count). The number of amides is 1. The van der Waals surface area contributed by atoms with Crippen molar-refractivity contribution < 1.29 is 9.59 Å². The lowest BCUT2D eigenvalue weighted by atomic mass is 9.99. The number of benzene rings is 3. The number of hydrogen-bond acceptors (Lipinski definition) is 3. The van der Waals surface area contributed by atoms with E-state index < -0.39 is 0 Å². The molecule has 5 heteroatoms. The Morgan fingerprint density at radius 2 is 1.58 bits per heavy atom. The summed E-state index contributed by atoms with van der Waals surface area (Å²) >= 11 is 6.00. The van der Waals surface area contributed by atoms with Crippen molar-refractivity contribution in [3.63, 3.8) is 0 Å². The van der Waals surface area contributed by atoms with E-state index in [2.05, 4.69) is 10.3 Å². The van der Waals surface area contributed by atoms with E-state index in [0.717, 1.165) is 22.3 Å². The van der Waals surface area contributed by atoms with Crippen molar-refractivity contribution in [2.45, 2.75) is 19.3 Å². The second-order valence-electron chi connectivity index (χ2n) is 7.78. The van der Waals surface area contributed by atoms with E-state index in [4.69, 9.17) is 11.6 Å². The predicted octanol–water partition coefficient (Wildman–Crippen LogP) is 6.40. The van der Waals surface area contributed by atoms with E-state index in [0.29, 0.717) is 35.5 Å². The quantitative estimate of drug-likeness (QED) is 0.335. The van der Waals surface area contributed by atoms with E-state index in [9.17, 15) is 9.59 Å². The number of anilines is 1. The van der Waals surface area contributed by atoms with Crippen LogP contribution in [0.5, 0.6) is 0 Å². The largest absolute Gasteiger partial charge is 0.322 e. The first-order valence-electron chi connectivity index (χ1n) is 10.7. The number of Topliss-reactive ketones (excluding diaryl/α,β-unsaturated/α-hetero) is 1.